The molecule has 2 N–H and O–H groups in total. The van der Waals surface area contributed by atoms with Gasteiger partial charge in [-0.3, -0.25) is 10.2 Å². The van der Waals surface area contributed by atoms with Gasteiger partial charge in [0.15, 0.2) is 0 Å². The molecule has 0 fully saturated rings. The van der Waals surface area contributed by atoms with Crippen LogP contribution in [0.3, 0.4) is 0 Å². The molecule has 0 aliphatic heterocycles. The monoisotopic (exact) mass is 140 g/mol. The van der Waals surface area contributed by atoms with E-state index in [1.54, 1.807) is 5.43 Å². The molecule has 9 heavy (non-hydrogen) atoms. The van der Waals surface area contributed by atoms with Crippen LogP contribution in [0.1, 0.15) is 6.92 Å². The molecule has 0 rings (SSSR count). The fourth-order valence-electron chi connectivity index (χ4n) is 0.146. The maximum absolute atomic E-state index is 11.0. The van der Waals surface area contributed by atoms with E-state index in [9.17, 15) is 13.6 Å². The van der Waals surface area contributed by atoms with Gasteiger partial charge in [0, 0.05) is 6.92 Å². The molecule has 0 saturated heterocycles. The van der Waals surface area contributed by atoms with Gasteiger partial charge in [0.25, 0.3) is 0 Å². The molecule has 0 aliphatic rings. The van der Waals surface area contributed by atoms with Gasteiger partial charge in [-0.15, -0.1) is 5.59 Å². The van der Waals surface area contributed by atoms with E-state index in [-0.39, 0.29) is 0 Å². The fourth-order valence-corrected chi connectivity index (χ4v) is 0.146. The number of hydrazine groups is 1. The van der Waals surface area contributed by atoms with E-state index in [1.807, 2.05) is 0 Å². The number of hydrogen-bond acceptors (Lipinski definition) is 3. The van der Waals surface area contributed by atoms with Gasteiger partial charge in [-0.2, -0.15) is 8.78 Å². The van der Waals surface area contributed by atoms with Crippen LogP contribution < -0.4 is 11.0 Å². The molecule has 0 aromatic heterocycles. The molecule has 0 radical (unpaired) electrons. The average Bonchev–Trinajstić information content (AvgIpc) is 1.63. The van der Waals surface area contributed by atoms with E-state index in [1.165, 1.54) is 5.59 Å². The summed E-state index contributed by atoms with van der Waals surface area (Å²) in [5.74, 6) is -0.504. The summed E-state index contributed by atoms with van der Waals surface area (Å²) in [5.41, 5.74) is 3.32. The summed E-state index contributed by atoms with van der Waals surface area (Å²) in [5, 5.41) is 0. The minimum absolute atomic E-state index is 0.504. The second-order valence-corrected chi connectivity index (χ2v) is 1.16. The van der Waals surface area contributed by atoms with E-state index in [0.29, 0.717) is 0 Å². The van der Waals surface area contributed by atoms with Gasteiger partial charge in [-0.25, -0.2) is 4.84 Å². The van der Waals surface area contributed by atoms with Crippen molar-refractivity contribution in [2.75, 3.05) is 0 Å². The first kappa shape index (κ1) is 8.25. The molecule has 0 atom stereocenters. The number of carbonyl (C=O) groups is 1. The number of hydrogen-bond donors (Lipinski definition) is 2. The van der Waals surface area contributed by atoms with Gasteiger partial charge in [0.1, 0.15) is 0 Å². The standard InChI is InChI=1S/C3H6F2N2O2/c1-2(8)6-7-9-3(4)5/h3,7H,1H3,(H,6,8). The Morgan fingerprint density at radius 3 is 2.56 bits per heavy atom. The Labute approximate surface area is 50.1 Å². The predicted octanol–water partition coefficient (Wildman–Crippen LogP) is -0.219. The zero-order chi connectivity index (χ0) is 7.28. The van der Waals surface area contributed by atoms with Crippen molar-refractivity contribution in [3.05, 3.63) is 0 Å². The number of rotatable bonds is 3. The van der Waals surface area contributed by atoms with Gasteiger partial charge in [-0.1, -0.05) is 0 Å². The molecule has 0 spiro atoms. The van der Waals surface area contributed by atoms with Crippen LogP contribution in [0.4, 0.5) is 8.78 Å². The van der Waals surface area contributed by atoms with Crippen LogP contribution in [-0.4, -0.2) is 12.5 Å². The largest absolute Gasteiger partial charge is 0.361 e. The van der Waals surface area contributed by atoms with Gasteiger partial charge < -0.3 is 0 Å². The van der Waals surface area contributed by atoms with Crippen LogP contribution in [0.15, 0.2) is 0 Å². The van der Waals surface area contributed by atoms with Crippen LogP contribution in [0.25, 0.3) is 0 Å². The van der Waals surface area contributed by atoms with Gasteiger partial charge >= 0.3 is 6.61 Å². The van der Waals surface area contributed by atoms with E-state index in [0.717, 1.165) is 6.92 Å². The van der Waals surface area contributed by atoms with Crippen molar-refractivity contribution in [3.8, 4) is 0 Å². The quantitative estimate of drug-likeness (QED) is 0.533. The highest BCUT2D eigenvalue weighted by Crippen LogP contribution is 1.87. The molecule has 1 amide bonds. The van der Waals surface area contributed by atoms with E-state index < -0.39 is 12.5 Å². The highest BCUT2D eigenvalue weighted by molar-refractivity contribution is 5.72. The first-order valence-corrected chi connectivity index (χ1v) is 2.08. The summed E-state index contributed by atoms with van der Waals surface area (Å²) < 4.78 is 22.1. The Bertz CT molecular complexity index is 97.8. The van der Waals surface area contributed by atoms with Crippen LogP contribution >= 0.6 is 0 Å². The molecule has 0 bridgehead atoms. The smallest absolute Gasteiger partial charge is 0.274 e. The maximum Gasteiger partial charge on any atom is 0.361 e. The zero-order valence-electron chi connectivity index (χ0n) is 4.65. The van der Waals surface area contributed by atoms with Crippen molar-refractivity contribution < 1.29 is 18.4 Å². The summed E-state index contributed by atoms with van der Waals surface area (Å²) in [6.45, 7) is -1.78. The number of amides is 1. The third-order valence-electron chi connectivity index (χ3n) is 0.375. The van der Waals surface area contributed by atoms with Crippen LogP contribution in [-0.2, 0) is 9.63 Å². The highest BCUT2D eigenvalue weighted by Gasteiger charge is 1.99. The van der Waals surface area contributed by atoms with Crippen LogP contribution in [0.5, 0.6) is 0 Å². The molecular formula is C3H6F2N2O2. The van der Waals surface area contributed by atoms with Crippen LogP contribution in [0.2, 0.25) is 0 Å². The highest BCUT2D eigenvalue weighted by atomic mass is 19.3. The summed E-state index contributed by atoms with van der Waals surface area (Å²) >= 11 is 0. The molecule has 54 valence electrons. The number of nitrogens with one attached hydrogen (secondary N) is 2. The van der Waals surface area contributed by atoms with Gasteiger partial charge in [-0.05, 0) is 0 Å². The molecular weight excluding hydrogens is 134 g/mol. The summed E-state index contributed by atoms with van der Waals surface area (Å²) in [6, 6.07) is 0. The Kier molecular flexibility index (Phi) is 3.81. The molecule has 0 unspecified atom stereocenters. The lowest BCUT2D eigenvalue weighted by molar-refractivity contribution is -0.186. The first-order chi connectivity index (χ1) is 4.13. The average molecular weight is 140 g/mol. The molecule has 6 heteroatoms. The Balaban J connectivity index is 3.01. The summed E-state index contributed by atoms with van der Waals surface area (Å²) in [6.07, 6.45) is 0. The third kappa shape index (κ3) is 7.25. The predicted molar refractivity (Wildman–Crippen MR) is 24.0 cm³/mol. The number of carbonyl (C=O) groups excluding carboxylic acids is 1. The Hall–Kier alpha value is -0.750. The van der Waals surface area contributed by atoms with Crippen molar-refractivity contribution >= 4 is 5.91 Å². The van der Waals surface area contributed by atoms with Crippen molar-refractivity contribution in [2.24, 2.45) is 0 Å². The lowest BCUT2D eigenvalue weighted by Crippen LogP contribution is -2.36. The molecule has 0 heterocycles. The van der Waals surface area contributed by atoms with Crippen molar-refractivity contribution in [2.45, 2.75) is 13.5 Å². The van der Waals surface area contributed by atoms with Crippen LogP contribution in [0, 0.1) is 0 Å². The van der Waals surface area contributed by atoms with Crippen molar-refractivity contribution in [3.63, 3.8) is 0 Å². The van der Waals surface area contributed by atoms with Gasteiger partial charge in [0.2, 0.25) is 5.91 Å². The molecule has 0 aliphatic carbocycles. The summed E-state index contributed by atoms with van der Waals surface area (Å²) in [7, 11) is 0. The molecule has 0 saturated carbocycles. The minimum atomic E-state index is -2.93. The Morgan fingerprint density at radius 2 is 2.22 bits per heavy atom. The van der Waals surface area contributed by atoms with E-state index in [2.05, 4.69) is 4.84 Å². The lowest BCUT2D eigenvalue weighted by Gasteiger charge is -2.02. The lowest BCUT2D eigenvalue weighted by atomic mass is 10.8. The molecule has 0 aromatic rings. The topological polar surface area (TPSA) is 50.4 Å². The molecule has 4 nitrogen and oxygen atoms in total. The second kappa shape index (κ2) is 4.16. The zero-order valence-corrected chi connectivity index (χ0v) is 4.65. The minimum Gasteiger partial charge on any atom is -0.274 e. The number of halogens is 2. The van der Waals surface area contributed by atoms with E-state index >= 15 is 0 Å². The number of alkyl halides is 2. The molecule has 0 aromatic carbocycles. The summed E-state index contributed by atoms with van der Waals surface area (Å²) in [4.78, 5) is 13.4. The Morgan fingerprint density at radius 1 is 1.67 bits per heavy atom. The van der Waals surface area contributed by atoms with Gasteiger partial charge in [0.05, 0.1) is 0 Å². The maximum atomic E-state index is 11.0. The first-order valence-electron chi connectivity index (χ1n) is 2.08. The van der Waals surface area contributed by atoms with Crippen molar-refractivity contribution in [1.82, 2.24) is 11.0 Å². The van der Waals surface area contributed by atoms with Crippen molar-refractivity contribution in [1.29, 1.82) is 0 Å². The SMILES string of the molecule is CC(=O)NNOC(F)F. The normalized spacial score (nSPS) is 9.78. The third-order valence-corrected chi connectivity index (χ3v) is 0.375. The van der Waals surface area contributed by atoms with E-state index in [4.69, 9.17) is 0 Å². The fraction of sp³-hybridized carbons (Fsp3) is 0.667. The second-order valence-electron chi connectivity index (χ2n) is 1.16.